The molecule has 17 heavy (non-hydrogen) atoms. The molecular weight excluding hydrogens is 218 g/mol. The summed E-state index contributed by atoms with van der Waals surface area (Å²) in [6.45, 7) is 3.92. The van der Waals surface area contributed by atoms with Gasteiger partial charge in [0.1, 0.15) is 0 Å². The van der Waals surface area contributed by atoms with Gasteiger partial charge in [0.25, 0.3) is 11.8 Å². The second-order valence-corrected chi connectivity index (χ2v) is 4.29. The number of hydrogen-bond acceptors (Lipinski definition) is 3. The van der Waals surface area contributed by atoms with E-state index < -0.39 is 0 Å². The van der Waals surface area contributed by atoms with Crippen molar-refractivity contribution < 1.29 is 14.7 Å². The highest BCUT2D eigenvalue weighted by atomic mass is 16.3. The van der Waals surface area contributed by atoms with E-state index in [1.807, 2.05) is 26.0 Å². The lowest BCUT2D eigenvalue weighted by Gasteiger charge is -2.12. The third-order valence-corrected chi connectivity index (χ3v) is 3.08. The summed E-state index contributed by atoms with van der Waals surface area (Å²) >= 11 is 0. The van der Waals surface area contributed by atoms with Gasteiger partial charge in [-0.25, -0.2) is 0 Å². The van der Waals surface area contributed by atoms with E-state index in [0.29, 0.717) is 17.5 Å². The Balaban J connectivity index is 2.45. The van der Waals surface area contributed by atoms with Crippen molar-refractivity contribution >= 4 is 11.8 Å². The Hall–Kier alpha value is -1.68. The SMILES string of the molecule is Cc1ccc(C)c2c1C(=O)N(CCCO)C2=O. The predicted molar refractivity (Wildman–Crippen MR) is 63.0 cm³/mol. The maximum Gasteiger partial charge on any atom is 0.261 e. The molecule has 0 aromatic heterocycles. The first-order valence-corrected chi connectivity index (χ1v) is 5.65. The van der Waals surface area contributed by atoms with Gasteiger partial charge in [-0.2, -0.15) is 0 Å². The number of carbonyl (C=O) groups is 2. The summed E-state index contributed by atoms with van der Waals surface area (Å²) in [5, 5.41) is 8.78. The van der Waals surface area contributed by atoms with Gasteiger partial charge in [0.2, 0.25) is 0 Å². The summed E-state index contributed by atoms with van der Waals surface area (Å²) in [4.78, 5) is 25.4. The van der Waals surface area contributed by atoms with Crippen molar-refractivity contribution in [1.29, 1.82) is 0 Å². The number of amides is 2. The predicted octanol–water partition coefficient (Wildman–Crippen LogP) is 1.28. The van der Waals surface area contributed by atoms with Crippen molar-refractivity contribution in [3.63, 3.8) is 0 Å². The molecule has 0 radical (unpaired) electrons. The zero-order chi connectivity index (χ0) is 12.6. The van der Waals surface area contributed by atoms with E-state index in [1.54, 1.807) is 0 Å². The summed E-state index contributed by atoms with van der Waals surface area (Å²) in [6.07, 6.45) is 0.420. The number of imide groups is 1. The molecule has 1 N–H and O–H groups in total. The number of nitrogens with zero attached hydrogens (tertiary/aromatic N) is 1. The van der Waals surface area contributed by atoms with Gasteiger partial charge < -0.3 is 5.11 Å². The fourth-order valence-corrected chi connectivity index (χ4v) is 2.16. The van der Waals surface area contributed by atoms with Crippen LogP contribution in [0.2, 0.25) is 0 Å². The summed E-state index contributed by atoms with van der Waals surface area (Å²) in [7, 11) is 0. The Labute approximate surface area is 99.9 Å². The molecule has 1 aromatic carbocycles. The number of carbonyl (C=O) groups excluding carboxylic acids is 2. The first-order valence-electron chi connectivity index (χ1n) is 5.65. The van der Waals surface area contributed by atoms with E-state index in [-0.39, 0.29) is 25.0 Å². The fraction of sp³-hybridized carbons (Fsp3) is 0.385. The van der Waals surface area contributed by atoms with Crippen LogP contribution in [0.4, 0.5) is 0 Å². The van der Waals surface area contributed by atoms with E-state index in [2.05, 4.69) is 0 Å². The molecule has 0 saturated carbocycles. The second kappa shape index (κ2) is 4.30. The monoisotopic (exact) mass is 233 g/mol. The minimum atomic E-state index is -0.236. The molecule has 2 rings (SSSR count). The minimum Gasteiger partial charge on any atom is -0.396 e. The fourth-order valence-electron chi connectivity index (χ4n) is 2.16. The molecule has 4 heteroatoms. The van der Waals surface area contributed by atoms with Gasteiger partial charge in [-0.1, -0.05) is 12.1 Å². The molecule has 0 unspecified atom stereocenters. The van der Waals surface area contributed by atoms with Crippen LogP contribution in [0.15, 0.2) is 12.1 Å². The van der Waals surface area contributed by atoms with Gasteiger partial charge in [-0.3, -0.25) is 14.5 Å². The molecule has 0 saturated heterocycles. The Morgan fingerprint density at radius 2 is 1.53 bits per heavy atom. The Kier molecular flexibility index (Phi) is 2.98. The van der Waals surface area contributed by atoms with Gasteiger partial charge in [0, 0.05) is 13.2 Å². The smallest absolute Gasteiger partial charge is 0.261 e. The molecule has 1 aliphatic heterocycles. The largest absolute Gasteiger partial charge is 0.396 e. The zero-order valence-electron chi connectivity index (χ0n) is 9.99. The molecule has 0 bridgehead atoms. The van der Waals surface area contributed by atoms with Gasteiger partial charge in [-0.15, -0.1) is 0 Å². The van der Waals surface area contributed by atoms with Crippen LogP contribution < -0.4 is 0 Å². The topological polar surface area (TPSA) is 57.6 Å². The van der Waals surface area contributed by atoms with E-state index in [4.69, 9.17) is 5.11 Å². The lowest BCUT2D eigenvalue weighted by Crippen LogP contribution is -2.31. The quantitative estimate of drug-likeness (QED) is 0.800. The Bertz CT molecular complexity index is 453. The van der Waals surface area contributed by atoms with Gasteiger partial charge >= 0.3 is 0 Å². The van der Waals surface area contributed by atoms with E-state index >= 15 is 0 Å². The maximum absolute atomic E-state index is 12.1. The number of aliphatic hydroxyl groups excluding tert-OH is 1. The molecular formula is C13H15NO3. The van der Waals surface area contributed by atoms with Crippen LogP contribution in [0, 0.1) is 13.8 Å². The summed E-state index contributed by atoms with van der Waals surface area (Å²) in [5.74, 6) is -0.473. The number of hydrogen-bond donors (Lipinski definition) is 1. The van der Waals surface area contributed by atoms with Crippen LogP contribution in [0.3, 0.4) is 0 Å². The minimum absolute atomic E-state index is 0.0225. The molecule has 0 aliphatic carbocycles. The number of fused-ring (bicyclic) bond motifs is 1. The average molecular weight is 233 g/mol. The molecule has 4 nitrogen and oxygen atoms in total. The molecule has 1 aromatic rings. The standard InChI is InChI=1S/C13H15NO3/c1-8-4-5-9(2)11-10(8)12(16)14(13(11)17)6-3-7-15/h4-5,15H,3,6-7H2,1-2H3. The number of aryl methyl sites for hydroxylation is 2. The van der Waals surface area contributed by atoms with Crippen LogP contribution in [0.25, 0.3) is 0 Å². The van der Waals surface area contributed by atoms with Gasteiger partial charge in [0.15, 0.2) is 0 Å². The van der Waals surface area contributed by atoms with E-state index in [1.165, 1.54) is 4.90 Å². The van der Waals surface area contributed by atoms with Crippen molar-refractivity contribution in [2.24, 2.45) is 0 Å². The van der Waals surface area contributed by atoms with Gasteiger partial charge in [-0.05, 0) is 31.4 Å². The van der Waals surface area contributed by atoms with Crippen molar-refractivity contribution in [2.45, 2.75) is 20.3 Å². The first-order chi connectivity index (χ1) is 8.07. The van der Waals surface area contributed by atoms with Crippen LogP contribution in [-0.2, 0) is 0 Å². The van der Waals surface area contributed by atoms with Crippen LogP contribution >= 0.6 is 0 Å². The van der Waals surface area contributed by atoms with E-state index in [9.17, 15) is 9.59 Å². The molecule has 90 valence electrons. The summed E-state index contributed by atoms with van der Waals surface area (Å²) < 4.78 is 0. The Morgan fingerprint density at radius 3 is 1.94 bits per heavy atom. The average Bonchev–Trinajstić information content (AvgIpc) is 2.55. The molecule has 0 spiro atoms. The van der Waals surface area contributed by atoms with Crippen molar-refractivity contribution in [2.75, 3.05) is 13.2 Å². The highest BCUT2D eigenvalue weighted by Gasteiger charge is 2.37. The molecule has 1 aliphatic rings. The summed E-state index contributed by atoms with van der Waals surface area (Å²) in [5.41, 5.74) is 2.70. The highest BCUT2D eigenvalue weighted by Crippen LogP contribution is 2.28. The maximum atomic E-state index is 12.1. The number of aliphatic hydroxyl groups is 1. The van der Waals surface area contributed by atoms with Crippen molar-refractivity contribution in [3.8, 4) is 0 Å². The normalized spacial score (nSPS) is 14.4. The molecule has 2 amide bonds. The zero-order valence-corrected chi connectivity index (χ0v) is 9.99. The second-order valence-electron chi connectivity index (χ2n) is 4.29. The van der Waals surface area contributed by atoms with Gasteiger partial charge in [0.05, 0.1) is 11.1 Å². The summed E-state index contributed by atoms with van der Waals surface area (Å²) in [6, 6.07) is 3.71. The Morgan fingerprint density at radius 1 is 1.06 bits per heavy atom. The third-order valence-electron chi connectivity index (χ3n) is 3.08. The molecule has 0 fully saturated rings. The molecule has 0 atom stereocenters. The lowest BCUT2D eigenvalue weighted by atomic mass is 9.99. The van der Waals surface area contributed by atoms with Crippen molar-refractivity contribution in [3.05, 3.63) is 34.4 Å². The van der Waals surface area contributed by atoms with Crippen LogP contribution in [0.1, 0.15) is 38.3 Å². The lowest BCUT2D eigenvalue weighted by molar-refractivity contribution is 0.0645. The third kappa shape index (κ3) is 1.74. The van der Waals surface area contributed by atoms with Crippen molar-refractivity contribution in [1.82, 2.24) is 4.90 Å². The number of benzene rings is 1. The van der Waals surface area contributed by atoms with Crippen LogP contribution in [0.5, 0.6) is 0 Å². The van der Waals surface area contributed by atoms with Crippen LogP contribution in [-0.4, -0.2) is 35.0 Å². The van der Waals surface area contributed by atoms with E-state index in [0.717, 1.165) is 11.1 Å². The number of rotatable bonds is 3. The molecule has 1 heterocycles. The highest BCUT2D eigenvalue weighted by molar-refractivity contribution is 6.22. The first kappa shape index (κ1) is 11.8.